The summed E-state index contributed by atoms with van der Waals surface area (Å²) in [6, 6.07) is -0.293. The monoisotopic (exact) mass is 249 g/mol. The highest BCUT2D eigenvalue weighted by molar-refractivity contribution is 5.84. The predicted molar refractivity (Wildman–Crippen MR) is 72.8 cm³/mol. The minimum Gasteiger partial charge on any atom is -0.369 e. The molecule has 0 saturated carbocycles. The van der Waals surface area contributed by atoms with Crippen molar-refractivity contribution in [2.45, 2.75) is 31.7 Å². The van der Waals surface area contributed by atoms with E-state index in [1.165, 1.54) is 25.9 Å². The maximum absolute atomic E-state index is 11.8. The van der Waals surface area contributed by atoms with Crippen LogP contribution in [0.25, 0.3) is 0 Å². The second kappa shape index (κ2) is 5.67. The van der Waals surface area contributed by atoms with E-state index in [2.05, 4.69) is 4.90 Å². The molecule has 1 heterocycles. The van der Waals surface area contributed by atoms with Crippen molar-refractivity contribution >= 4 is 5.91 Å². The van der Waals surface area contributed by atoms with Gasteiger partial charge in [0, 0.05) is 6.04 Å². The third-order valence-electron chi connectivity index (χ3n) is 4.14. The van der Waals surface area contributed by atoms with Crippen molar-refractivity contribution in [2.24, 2.45) is 16.9 Å². The summed E-state index contributed by atoms with van der Waals surface area (Å²) in [4.78, 5) is 14.2. The quantitative estimate of drug-likeness (QED) is 0.756. The van der Waals surface area contributed by atoms with Crippen LogP contribution in [0.4, 0.5) is 0 Å². The number of amides is 1. The van der Waals surface area contributed by atoms with E-state index >= 15 is 0 Å². The Kier molecular flexibility index (Phi) is 4.19. The number of carbonyl (C=O) groups excluding carboxylic acids is 1. The predicted octanol–water partition coefficient (Wildman–Crippen LogP) is 0.787. The first-order valence-electron chi connectivity index (χ1n) is 6.79. The van der Waals surface area contributed by atoms with E-state index in [9.17, 15) is 4.79 Å². The maximum atomic E-state index is 11.8. The van der Waals surface area contributed by atoms with E-state index in [4.69, 9.17) is 11.5 Å². The molecule has 2 rings (SSSR count). The Labute approximate surface area is 109 Å². The number of hydrogen-bond acceptors (Lipinski definition) is 3. The Hall–Kier alpha value is -1.13. The zero-order valence-electron chi connectivity index (χ0n) is 10.8. The largest absolute Gasteiger partial charge is 0.369 e. The topological polar surface area (TPSA) is 72.4 Å². The number of carbonyl (C=O) groups is 1. The van der Waals surface area contributed by atoms with Crippen molar-refractivity contribution in [3.05, 3.63) is 24.3 Å². The molecular weight excluding hydrogens is 226 g/mol. The summed E-state index contributed by atoms with van der Waals surface area (Å²) >= 11 is 0. The zero-order chi connectivity index (χ0) is 13.0. The van der Waals surface area contributed by atoms with Gasteiger partial charge in [0.1, 0.15) is 0 Å². The summed E-state index contributed by atoms with van der Waals surface area (Å²) < 4.78 is 0. The van der Waals surface area contributed by atoms with Gasteiger partial charge in [-0.05, 0) is 45.3 Å². The lowest BCUT2D eigenvalue weighted by Gasteiger charge is -2.34. The molecule has 1 aliphatic carbocycles. The number of nitrogens with two attached hydrogens (primary N) is 2. The second-order valence-corrected chi connectivity index (χ2v) is 5.33. The van der Waals surface area contributed by atoms with Gasteiger partial charge in [-0.25, -0.2) is 0 Å². The summed E-state index contributed by atoms with van der Waals surface area (Å²) in [5.41, 5.74) is 10.9. The van der Waals surface area contributed by atoms with Gasteiger partial charge in [0.05, 0.1) is 5.41 Å². The Bertz CT molecular complexity index is 358. The van der Waals surface area contributed by atoms with Gasteiger partial charge in [-0.1, -0.05) is 24.3 Å². The molecule has 4 heteroatoms. The highest BCUT2D eigenvalue weighted by Gasteiger charge is 2.39. The molecule has 0 spiro atoms. The summed E-state index contributed by atoms with van der Waals surface area (Å²) in [6.45, 7) is 3.41. The zero-order valence-corrected chi connectivity index (χ0v) is 10.8. The van der Waals surface area contributed by atoms with E-state index in [1.807, 2.05) is 24.3 Å². The molecule has 0 aromatic rings. The molecule has 0 aromatic carbocycles. The fraction of sp³-hybridized carbons (Fsp3) is 0.643. The molecule has 1 aliphatic heterocycles. The standard InChI is InChI=1S/C14H23N3O/c15-12-6-1-2-7-14(12,13(16)18)8-5-11-17-9-3-4-10-17/h1-2,6-7,12H,3-5,8-11,15H2,(H2,16,18). The van der Waals surface area contributed by atoms with Crippen molar-refractivity contribution in [1.29, 1.82) is 0 Å². The molecule has 2 unspecified atom stereocenters. The van der Waals surface area contributed by atoms with Crippen LogP contribution in [0.3, 0.4) is 0 Å². The molecule has 2 aliphatic rings. The molecule has 2 atom stereocenters. The van der Waals surface area contributed by atoms with Crippen molar-refractivity contribution in [3.8, 4) is 0 Å². The van der Waals surface area contributed by atoms with Gasteiger partial charge >= 0.3 is 0 Å². The molecule has 1 saturated heterocycles. The summed E-state index contributed by atoms with van der Waals surface area (Å²) in [7, 11) is 0. The van der Waals surface area contributed by atoms with Crippen LogP contribution in [0.1, 0.15) is 25.7 Å². The third-order valence-corrected chi connectivity index (χ3v) is 4.14. The Morgan fingerprint density at radius 1 is 1.33 bits per heavy atom. The molecule has 18 heavy (non-hydrogen) atoms. The lowest BCUT2D eigenvalue weighted by Crippen LogP contribution is -2.49. The number of hydrogen-bond donors (Lipinski definition) is 2. The van der Waals surface area contributed by atoms with E-state index in [1.54, 1.807) is 0 Å². The minimum atomic E-state index is -0.686. The van der Waals surface area contributed by atoms with Crippen LogP contribution >= 0.6 is 0 Å². The molecule has 0 radical (unpaired) electrons. The molecule has 100 valence electrons. The van der Waals surface area contributed by atoms with Crippen LogP contribution < -0.4 is 11.5 Å². The Morgan fingerprint density at radius 3 is 2.67 bits per heavy atom. The lowest BCUT2D eigenvalue weighted by molar-refractivity contribution is -0.126. The number of allylic oxidation sites excluding steroid dienone is 2. The van der Waals surface area contributed by atoms with Crippen LogP contribution in [0.5, 0.6) is 0 Å². The molecule has 4 N–H and O–H groups in total. The van der Waals surface area contributed by atoms with Crippen LogP contribution in [0, 0.1) is 5.41 Å². The Balaban J connectivity index is 1.92. The first-order chi connectivity index (χ1) is 8.65. The first-order valence-corrected chi connectivity index (χ1v) is 6.79. The third kappa shape index (κ3) is 2.65. The second-order valence-electron chi connectivity index (χ2n) is 5.33. The highest BCUT2D eigenvalue weighted by Crippen LogP contribution is 2.32. The average Bonchev–Trinajstić information content (AvgIpc) is 2.84. The van der Waals surface area contributed by atoms with E-state index in [0.717, 1.165) is 19.4 Å². The van der Waals surface area contributed by atoms with Crippen LogP contribution in [0.2, 0.25) is 0 Å². The molecule has 1 amide bonds. The molecule has 4 nitrogen and oxygen atoms in total. The van der Waals surface area contributed by atoms with Gasteiger partial charge in [-0.15, -0.1) is 0 Å². The number of primary amides is 1. The highest BCUT2D eigenvalue weighted by atomic mass is 16.1. The SMILES string of the molecule is NC(=O)C1(CCCN2CCCC2)C=CC=CC1N. The average molecular weight is 249 g/mol. The molecular formula is C14H23N3O. The first kappa shape index (κ1) is 13.3. The molecule has 0 bridgehead atoms. The normalized spacial score (nSPS) is 31.9. The molecule has 0 aromatic heterocycles. The van der Waals surface area contributed by atoms with E-state index in [0.29, 0.717) is 0 Å². The molecule has 1 fully saturated rings. The van der Waals surface area contributed by atoms with Gasteiger partial charge < -0.3 is 16.4 Å². The van der Waals surface area contributed by atoms with Crippen LogP contribution in [-0.4, -0.2) is 36.5 Å². The lowest BCUT2D eigenvalue weighted by atomic mass is 9.73. The maximum Gasteiger partial charge on any atom is 0.229 e. The van der Waals surface area contributed by atoms with Crippen molar-refractivity contribution in [1.82, 2.24) is 4.90 Å². The summed E-state index contributed by atoms with van der Waals surface area (Å²) in [5.74, 6) is -0.308. The number of rotatable bonds is 5. The van der Waals surface area contributed by atoms with Crippen molar-refractivity contribution < 1.29 is 4.79 Å². The van der Waals surface area contributed by atoms with Gasteiger partial charge in [-0.3, -0.25) is 4.79 Å². The smallest absolute Gasteiger partial charge is 0.229 e. The van der Waals surface area contributed by atoms with Gasteiger partial charge in [0.15, 0.2) is 0 Å². The fourth-order valence-electron chi connectivity index (χ4n) is 2.91. The van der Waals surface area contributed by atoms with Crippen LogP contribution in [-0.2, 0) is 4.79 Å². The number of likely N-dealkylation sites (tertiary alicyclic amines) is 1. The van der Waals surface area contributed by atoms with Gasteiger partial charge in [0.25, 0.3) is 0 Å². The van der Waals surface area contributed by atoms with Gasteiger partial charge in [-0.2, -0.15) is 0 Å². The number of nitrogens with zero attached hydrogens (tertiary/aromatic N) is 1. The Morgan fingerprint density at radius 2 is 2.06 bits per heavy atom. The van der Waals surface area contributed by atoms with Crippen LogP contribution in [0.15, 0.2) is 24.3 Å². The van der Waals surface area contributed by atoms with Crippen molar-refractivity contribution in [3.63, 3.8) is 0 Å². The summed E-state index contributed by atoms with van der Waals surface area (Å²) in [5, 5.41) is 0. The summed E-state index contributed by atoms with van der Waals surface area (Å²) in [6.07, 6.45) is 11.8. The van der Waals surface area contributed by atoms with E-state index < -0.39 is 5.41 Å². The fourth-order valence-corrected chi connectivity index (χ4v) is 2.91. The minimum absolute atomic E-state index is 0.293. The van der Waals surface area contributed by atoms with Crippen molar-refractivity contribution in [2.75, 3.05) is 19.6 Å². The van der Waals surface area contributed by atoms with Gasteiger partial charge in [0.2, 0.25) is 5.91 Å². The van der Waals surface area contributed by atoms with E-state index in [-0.39, 0.29) is 11.9 Å².